The first-order chi connectivity index (χ1) is 15.9. The number of hydrogen-bond acceptors (Lipinski definition) is 4. The molecule has 1 unspecified atom stereocenters. The minimum atomic E-state index is -1.50. The molecule has 2 amide bonds. The van der Waals surface area contributed by atoms with Crippen LogP contribution in [0.25, 0.3) is 0 Å². The highest BCUT2D eigenvalue weighted by atomic mass is 16.5. The zero-order chi connectivity index (χ0) is 24.5. The summed E-state index contributed by atoms with van der Waals surface area (Å²) < 4.78 is 5.05. The van der Waals surface area contributed by atoms with Gasteiger partial charge in [-0.25, -0.2) is 4.79 Å². The first-order valence-corrected chi connectivity index (χ1v) is 12.3. The summed E-state index contributed by atoms with van der Waals surface area (Å²) in [6.07, 6.45) is 12.6. The van der Waals surface area contributed by atoms with Crippen molar-refractivity contribution in [2.75, 3.05) is 20.3 Å². The SMILES string of the molecule is CCCCCCCCCCCCNC(=O)c1ccc(CN(C(=O)C(=O)O)C(C)COC)cc1. The minimum absolute atomic E-state index is 0.122. The maximum absolute atomic E-state index is 12.4. The van der Waals surface area contributed by atoms with Crippen LogP contribution in [0.1, 0.15) is 94.0 Å². The third kappa shape index (κ3) is 11.9. The highest BCUT2D eigenvalue weighted by Gasteiger charge is 2.26. The molecule has 0 aliphatic carbocycles. The van der Waals surface area contributed by atoms with Crippen LogP contribution in [0.2, 0.25) is 0 Å². The molecule has 0 aliphatic heterocycles. The molecule has 0 saturated carbocycles. The highest BCUT2D eigenvalue weighted by molar-refractivity contribution is 6.31. The lowest BCUT2D eigenvalue weighted by Crippen LogP contribution is -2.44. The second-order valence-corrected chi connectivity index (χ2v) is 8.68. The first-order valence-electron chi connectivity index (χ1n) is 12.3. The number of amides is 2. The Balaban J connectivity index is 2.36. The Morgan fingerprint density at radius 2 is 1.48 bits per heavy atom. The lowest BCUT2D eigenvalue weighted by Gasteiger charge is -2.27. The Bertz CT molecular complexity index is 705. The van der Waals surface area contributed by atoms with E-state index in [9.17, 15) is 14.4 Å². The van der Waals surface area contributed by atoms with Gasteiger partial charge in [0.05, 0.1) is 12.6 Å². The van der Waals surface area contributed by atoms with Crippen LogP contribution in [-0.2, 0) is 20.9 Å². The summed E-state index contributed by atoms with van der Waals surface area (Å²) >= 11 is 0. The van der Waals surface area contributed by atoms with Crippen molar-refractivity contribution in [1.82, 2.24) is 10.2 Å². The lowest BCUT2D eigenvalue weighted by atomic mass is 10.1. The second-order valence-electron chi connectivity index (χ2n) is 8.68. The molecule has 1 atom stereocenters. The zero-order valence-electron chi connectivity index (χ0n) is 20.6. The van der Waals surface area contributed by atoms with E-state index in [1.807, 2.05) is 0 Å². The number of carboxylic acids is 1. The number of carbonyl (C=O) groups excluding carboxylic acids is 2. The summed E-state index contributed by atoms with van der Waals surface area (Å²) in [6.45, 7) is 5.00. The lowest BCUT2D eigenvalue weighted by molar-refractivity contribution is -0.158. The van der Waals surface area contributed by atoms with Gasteiger partial charge in [-0.1, -0.05) is 76.8 Å². The van der Waals surface area contributed by atoms with Crippen molar-refractivity contribution in [1.29, 1.82) is 0 Å². The molecule has 33 heavy (non-hydrogen) atoms. The number of benzene rings is 1. The molecule has 1 aromatic carbocycles. The third-order valence-electron chi connectivity index (χ3n) is 5.77. The number of aliphatic carboxylic acids is 1. The predicted octanol–water partition coefficient (Wildman–Crippen LogP) is 4.79. The van der Waals surface area contributed by atoms with Crippen LogP contribution >= 0.6 is 0 Å². The maximum Gasteiger partial charge on any atom is 0.394 e. The van der Waals surface area contributed by atoms with Crippen LogP contribution in [0.3, 0.4) is 0 Å². The van der Waals surface area contributed by atoms with Gasteiger partial charge in [0.15, 0.2) is 0 Å². The Labute approximate surface area is 198 Å². The Morgan fingerprint density at radius 1 is 0.939 bits per heavy atom. The molecule has 1 aromatic rings. The molecule has 0 spiro atoms. The van der Waals surface area contributed by atoms with Crippen LogP contribution in [0.5, 0.6) is 0 Å². The van der Waals surface area contributed by atoms with Gasteiger partial charge in [-0.3, -0.25) is 9.59 Å². The van der Waals surface area contributed by atoms with Crippen molar-refractivity contribution in [2.24, 2.45) is 0 Å². The minimum Gasteiger partial charge on any atom is -0.474 e. The molecular formula is C26H42N2O5. The second kappa shape index (κ2) is 17.1. The van der Waals surface area contributed by atoms with Crippen LogP contribution < -0.4 is 5.32 Å². The van der Waals surface area contributed by atoms with E-state index in [1.165, 1.54) is 63.4 Å². The van der Waals surface area contributed by atoms with Crippen LogP contribution in [0.4, 0.5) is 0 Å². The number of nitrogens with one attached hydrogen (secondary N) is 1. The van der Waals surface area contributed by atoms with Crippen LogP contribution in [0.15, 0.2) is 24.3 Å². The van der Waals surface area contributed by atoms with Crippen LogP contribution in [0, 0.1) is 0 Å². The van der Waals surface area contributed by atoms with Gasteiger partial charge < -0.3 is 20.1 Å². The van der Waals surface area contributed by atoms with Gasteiger partial charge in [0.2, 0.25) is 0 Å². The average Bonchev–Trinajstić information content (AvgIpc) is 2.80. The number of rotatable bonds is 17. The number of hydrogen-bond donors (Lipinski definition) is 2. The topological polar surface area (TPSA) is 95.9 Å². The highest BCUT2D eigenvalue weighted by Crippen LogP contribution is 2.12. The molecule has 0 radical (unpaired) electrons. The van der Waals surface area contributed by atoms with E-state index < -0.39 is 11.9 Å². The van der Waals surface area contributed by atoms with Gasteiger partial charge in [0.1, 0.15) is 0 Å². The van der Waals surface area contributed by atoms with Crippen molar-refractivity contribution in [3.05, 3.63) is 35.4 Å². The number of carboxylic acid groups (broad SMARTS) is 1. The zero-order valence-corrected chi connectivity index (χ0v) is 20.6. The van der Waals surface area contributed by atoms with E-state index >= 15 is 0 Å². The van der Waals surface area contributed by atoms with Gasteiger partial charge in [-0.15, -0.1) is 0 Å². The molecule has 1 rings (SSSR count). The van der Waals surface area contributed by atoms with Crippen molar-refractivity contribution >= 4 is 17.8 Å². The average molecular weight is 463 g/mol. The molecule has 0 aliphatic rings. The van der Waals surface area contributed by atoms with Gasteiger partial charge in [0.25, 0.3) is 5.91 Å². The Morgan fingerprint density at radius 3 is 2.00 bits per heavy atom. The quantitative estimate of drug-likeness (QED) is 0.256. The van der Waals surface area contributed by atoms with Gasteiger partial charge in [-0.2, -0.15) is 0 Å². The number of unbranched alkanes of at least 4 members (excludes halogenated alkanes) is 9. The number of nitrogens with zero attached hydrogens (tertiary/aromatic N) is 1. The van der Waals surface area contributed by atoms with E-state index in [4.69, 9.17) is 9.84 Å². The van der Waals surface area contributed by atoms with E-state index in [0.717, 1.165) is 18.4 Å². The summed E-state index contributed by atoms with van der Waals surface area (Å²) in [4.78, 5) is 36.8. The van der Waals surface area contributed by atoms with Gasteiger partial charge in [0, 0.05) is 25.8 Å². The van der Waals surface area contributed by atoms with E-state index in [-0.39, 0.29) is 25.1 Å². The van der Waals surface area contributed by atoms with Crippen LogP contribution in [-0.4, -0.2) is 54.1 Å². The fourth-order valence-corrected chi connectivity index (χ4v) is 3.76. The fraction of sp³-hybridized carbons (Fsp3) is 0.654. The smallest absolute Gasteiger partial charge is 0.394 e. The summed E-state index contributed by atoms with van der Waals surface area (Å²) in [6, 6.07) is 6.51. The normalized spacial score (nSPS) is 11.7. The molecule has 0 saturated heterocycles. The fourth-order valence-electron chi connectivity index (χ4n) is 3.76. The molecule has 0 bridgehead atoms. The summed E-state index contributed by atoms with van der Waals surface area (Å²) in [5, 5.41) is 12.0. The van der Waals surface area contributed by atoms with Gasteiger partial charge >= 0.3 is 11.9 Å². The third-order valence-corrected chi connectivity index (χ3v) is 5.77. The van der Waals surface area contributed by atoms with Crippen molar-refractivity contribution in [3.63, 3.8) is 0 Å². The molecule has 7 nitrogen and oxygen atoms in total. The molecular weight excluding hydrogens is 420 g/mol. The Kier molecular flexibility index (Phi) is 14.8. The van der Waals surface area contributed by atoms with Crippen molar-refractivity contribution in [2.45, 2.75) is 90.6 Å². The monoisotopic (exact) mass is 462 g/mol. The molecule has 186 valence electrons. The maximum atomic E-state index is 12.4. The molecule has 2 N–H and O–H groups in total. The number of ether oxygens (including phenoxy) is 1. The largest absolute Gasteiger partial charge is 0.474 e. The standard InChI is InChI=1S/C26H42N2O5/c1-4-5-6-7-8-9-10-11-12-13-18-27-24(29)23-16-14-22(15-17-23)19-28(21(2)20-33-3)25(30)26(31)32/h14-17,21H,4-13,18-20H2,1-3H3,(H,27,29)(H,31,32). The van der Waals surface area contributed by atoms with E-state index in [0.29, 0.717) is 12.1 Å². The first kappa shape index (κ1) is 28.6. The van der Waals surface area contributed by atoms with E-state index in [1.54, 1.807) is 31.2 Å². The molecule has 7 heteroatoms. The molecule has 0 fully saturated rings. The molecule has 0 aromatic heterocycles. The summed E-state index contributed by atoms with van der Waals surface area (Å²) in [7, 11) is 1.50. The Hall–Kier alpha value is -2.41. The number of carbonyl (C=O) groups is 3. The predicted molar refractivity (Wildman–Crippen MR) is 130 cm³/mol. The number of methoxy groups -OCH3 is 1. The van der Waals surface area contributed by atoms with Crippen molar-refractivity contribution < 1.29 is 24.2 Å². The van der Waals surface area contributed by atoms with Gasteiger partial charge in [-0.05, 0) is 31.0 Å². The summed E-state index contributed by atoms with van der Waals surface area (Å²) in [5.74, 6) is -2.59. The van der Waals surface area contributed by atoms with E-state index in [2.05, 4.69) is 12.2 Å². The molecule has 0 heterocycles. The van der Waals surface area contributed by atoms with Crippen molar-refractivity contribution in [3.8, 4) is 0 Å². The summed E-state index contributed by atoms with van der Waals surface area (Å²) in [5.41, 5.74) is 1.30.